The van der Waals surface area contributed by atoms with Crippen molar-refractivity contribution in [2.45, 2.75) is 19.8 Å². The van der Waals surface area contributed by atoms with Crippen LogP contribution in [-0.2, 0) is 0 Å². The largest absolute Gasteiger partial charge is 0.360 e. The zero-order valence-corrected chi connectivity index (χ0v) is 13.6. The lowest BCUT2D eigenvalue weighted by molar-refractivity contribution is 0.102. The summed E-state index contributed by atoms with van der Waals surface area (Å²) in [4.78, 5) is 18.6. The van der Waals surface area contributed by atoms with Gasteiger partial charge in [-0.2, -0.15) is 0 Å². The number of amides is 1. The van der Waals surface area contributed by atoms with Crippen LogP contribution >= 0.6 is 11.6 Å². The topological polar surface area (TPSA) is 45.2 Å². The third-order valence-corrected chi connectivity index (χ3v) is 3.60. The monoisotopic (exact) mass is 317 g/mol. The zero-order chi connectivity index (χ0) is 15.9. The number of nitrogens with one attached hydrogen (secondary N) is 1. The number of halogens is 1. The second-order valence-corrected chi connectivity index (χ2v) is 5.58. The first-order valence-corrected chi connectivity index (χ1v) is 7.72. The number of rotatable bonds is 6. The van der Waals surface area contributed by atoms with E-state index in [1.807, 2.05) is 19.2 Å². The van der Waals surface area contributed by atoms with Crippen LogP contribution in [0.15, 0.2) is 42.6 Å². The van der Waals surface area contributed by atoms with Crippen molar-refractivity contribution in [3.8, 4) is 0 Å². The Morgan fingerprint density at radius 1 is 1.23 bits per heavy atom. The van der Waals surface area contributed by atoms with Crippen LogP contribution in [0.2, 0.25) is 5.02 Å². The fourth-order valence-electron chi connectivity index (χ4n) is 2.00. The molecule has 0 unspecified atom stereocenters. The highest BCUT2D eigenvalue weighted by atomic mass is 35.5. The first-order valence-electron chi connectivity index (χ1n) is 7.34. The molecule has 0 saturated carbocycles. The van der Waals surface area contributed by atoms with E-state index in [9.17, 15) is 4.79 Å². The van der Waals surface area contributed by atoms with Crippen LogP contribution in [0.1, 0.15) is 30.1 Å². The standard InChI is InChI=1S/C17H20ClN3O/c1-3-4-11-21(2)16-10-9-15(12-19-16)20-17(22)13-5-7-14(18)8-6-13/h5-10,12H,3-4,11H2,1-2H3,(H,20,22). The molecule has 0 saturated heterocycles. The van der Waals surface area contributed by atoms with Crippen LogP contribution in [0.25, 0.3) is 0 Å². The molecule has 22 heavy (non-hydrogen) atoms. The molecule has 0 atom stereocenters. The fourth-order valence-corrected chi connectivity index (χ4v) is 2.13. The van der Waals surface area contributed by atoms with Crippen LogP contribution in [0.3, 0.4) is 0 Å². The van der Waals surface area contributed by atoms with Gasteiger partial charge in [-0.1, -0.05) is 24.9 Å². The first-order chi connectivity index (χ1) is 10.6. The molecule has 4 nitrogen and oxygen atoms in total. The summed E-state index contributed by atoms with van der Waals surface area (Å²) in [7, 11) is 2.02. The number of hydrogen-bond donors (Lipinski definition) is 1. The number of anilines is 2. The Morgan fingerprint density at radius 2 is 1.95 bits per heavy atom. The molecule has 1 N–H and O–H groups in total. The van der Waals surface area contributed by atoms with Gasteiger partial charge in [0.1, 0.15) is 5.82 Å². The molecule has 2 aromatic rings. The van der Waals surface area contributed by atoms with Gasteiger partial charge in [-0.3, -0.25) is 4.79 Å². The zero-order valence-electron chi connectivity index (χ0n) is 12.8. The average molecular weight is 318 g/mol. The average Bonchev–Trinajstić information content (AvgIpc) is 2.54. The molecule has 116 valence electrons. The maximum absolute atomic E-state index is 12.1. The minimum Gasteiger partial charge on any atom is -0.360 e. The van der Waals surface area contributed by atoms with Gasteiger partial charge in [0, 0.05) is 24.2 Å². The van der Waals surface area contributed by atoms with Gasteiger partial charge in [0.05, 0.1) is 11.9 Å². The van der Waals surface area contributed by atoms with Crippen molar-refractivity contribution in [2.24, 2.45) is 0 Å². The predicted octanol–water partition coefficient (Wildman–Crippen LogP) is 4.22. The Morgan fingerprint density at radius 3 is 2.55 bits per heavy atom. The number of pyridine rings is 1. The quantitative estimate of drug-likeness (QED) is 0.867. The van der Waals surface area contributed by atoms with Gasteiger partial charge in [-0.05, 0) is 42.8 Å². The molecule has 0 aliphatic rings. The van der Waals surface area contributed by atoms with E-state index >= 15 is 0 Å². The molecule has 0 aliphatic heterocycles. The lowest BCUT2D eigenvalue weighted by atomic mass is 10.2. The molecule has 0 fully saturated rings. The summed E-state index contributed by atoms with van der Waals surface area (Å²) in [6, 6.07) is 10.5. The molecular weight excluding hydrogens is 298 g/mol. The summed E-state index contributed by atoms with van der Waals surface area (Å²) in [6.45, 7) is 3.14. The van der Waals surface area contributed by atoms with Crippen LogP contribution < -0.4 is 10.2 Å². The minimum absolute atomic E-state index is 0.175. The van der Waals surface area contributed by atoms with Gasteiger partial charge in [0.2, 0.25) is 0 Å². The normalized spacial score (nSPS) is 10.3. The van der Waals surface area contributed by atoms with Gasteiger partial charge < -0.3 is 10.2 Å². The summed E-state index contributed by atoms with van der Waals surface area (Å²) in [5.74, 6) is 0.725. The van der Waals surface area contributed by atoms with Gasteiger partial charge >= 0.3 is 0 Å². The second kappa shape index (κ2) is 7.80. The molecule has 1 heterocycles. The van der Waals surface area contributed by atoms with Gasteiger partial charge in [-0.15, -0.1) is 0 Å². The number of aromatic nitrogens is 1. The van der Waals surface area contributed by atoms with Gasteiger partial charge in [-0.25, -0.2) is 4.98 Å². The molecule has 2 rings (SSSR count). The highest BCUT2D eigenvalue weighted by molar-refractivity contribution is 6.30. The number of benzene rings is 1. The van der Waals surface area contributed by atoms with E-state index in [4.69, 9.17) is 11.6 Å². The van der Waals surface area contributed by atoms with Crippen molar-refractivity contribution in [1.29, 1.82) is 0 Å². The molecule has 1 amide bonds. The number of carbonyl (C=O) groups excluding carboxylic acids is 1. The van der Waals surface area contributed by atoms with E-state index in [-0.39, 0.29) is 5.91 Å². The molecule has 0 bridgehead atoms. The number of carbonyl (C=O) groups is 1. The minimum atomic E-state index is -0.175. The van der Waals surface area contributed by atoms with Crippen molar-refractivity contribution in [3.05, 3.63) is 53.2 Å². The van der Waals surface area contributed by atoms with Crippen molar-refractivity contribution in [2.75, 3.05) is 23.8 Å². The molecule has 1 aromatic carbocycles. The smallest absolute Gasteiger partial charge is 0.255 e. The molecule has 0 aliphatic carbocycles. The third kappa shape index (κ3) is 4.46. The van der Waals surface area contributed by atoms with Crippen molar-refractivity contribution >= 4 is 29.0 Å². The van der Waals surface area contributed by atoms with E-state index in [2.05, 4.69) is 22.1 Å². The summed E-state index contributed by atoms with van der Waals surface area (Å²) < 4.78 is 0. The maximum Gasteiger partial charge on any atom is 0.255 e. The lowest BCUT2D eigenvalue weighted by Gasteiger charge is -2.17. The van der Waals surface area contributed by atoms with Crippen LogP contribution in [-0.4, -0.2) is 24.5 Å². The number of hydrogen-bond acceptors (Lipinski definition) is 3. The van der Waals surface area contributed by atoms with Gasteiger partial charge in [0.25, 0.3) is 5.91 Å². The Bertz CT molecular complexity index is 611. The highest BCUT2D eigenvalue weighted by Crippen LogP contribution is 2.15. The van der Waals surface area contributed by atoms with E-state index in [0.717, 1.165) is 25.2 Å². The molecular formula is C17H20ClN3O. The summed E-state index contributed by atoms with van der Waals surface area (Å²) >= 11 is 5.81. The first kappa shape index (κ1) is 16.3. The Kier molecular flexibility index (Phi) is 5.78. The highest BCUT2D eigenvalue weighted by Gasteiger charge is 2.07. The summed E-state index contributed by atoms with van der Waals surface area (Å²) in [6.07, 6.45) is 3.96. The fraction of sp³-hybridized carbons (Fsp3) is 0.294. The Balaban J connectivity index is 1.98. The van der Waals surface area contributed by atoms with Crippen molar-refractivity contribution in [1.82, 2.24) is 4.98 Å². The molecule has 0 radical (unpaired) electrons. The van der Waals surface area contributed by atoms with E-state index in [0.29, 0.717) is 16.3 Å². The van der Waals surface area contributed by atoms with E-state index < -0.39 is 0 Å². The van der Waals surface area contributed by atoms with Crippen LogP contribution in [0, 0.1) is 0 Å². The van der Waals surface area contributed by atoms with Crippen molar-refractivity contribution < 1.29 is 4.79 Å². The van der Waals surface area contributed by atoms with E-state index in [1.54, 1.807) is 30.5 Å². The van der Waals surface area contributed by atoms with Crippen LogP contribution in [0.5, 0.6) is 0 Å². The van der Waals surface area contributed by atoms with Crippen molar-refractivity contribution in [3.63, 3.8) is 0 Å². The van der Waals surface area contributed by atoms with Gasteiger partial charge in [0.15, 0.2) is 0 Å². The number of unbranched alkanes of at least 4 members (excludes halogenated alkanes) is 1. The maximum atomic E-state index is 12.1. The Labute approximate surface area is 136 Å². The molecule has 1 aromatic heterocycles. The predicted molar refractivity (Wildman–Crippen MR) is 91.8 cm³/mol. The summed E-state index contributed by atoms with van der Waals surface area (Å²) in [5.41, 5.74) is 1.24. The molecule has 5 heteroatoms. The van der Waals surface area contributed by atoms with E-state index in [1.165, 1.54) is 0 Å². The summed E-state index contributed by atoms with van der Waals surface area (Å²) in [5, 5.41) is 3.43. The SMILES string of the molecule is CCCCN(C)c1ccc(NC(=O)c2ccc(Cl)cc2)cn1. The molecule has 0 spiro atoms. The number of nitrogens with zero attached hydrogens (tertiary/aromatic N) is 2. The third-order valence-electron chi connectivity index (χ3n) is 3.35. The lowest BCUT2D eigenvalue weighted by Crippen LogP contribution is -2.19. The second-order valence-electron chi connectivity index (χ2n) is 5.14. The van der Waals surface area contributed by atoms with Crippen LogP contribution in [0.4, 0.5) is 11.5 Å². The Hall–Kier alpha value is -2.07.